The van der Waals surface area contributed by atoms with Crippen LogP contribution in [0.5, 0.6) is 0 Å². The lowest BCUT2D eigenvalue weighted by Gasteiger charge is -2.12. The molecule has 40 heavy (non-hydrogen) atoms. The standard InChI is InChI=1S/C30H18F10/c1-15-8-22(31)20(23(32)9-15)5-3-16-2-4-19(24(33)10-16)17-11-27(36)29(28(37)12-17)18-13-25(34)21(26(35)14-18)6-7-30(38,39)40/h2,4,6-14H,3,5H2,1H3/b7-6+. The van der Waals surface area contributed by atoms with Gasteiger partial charge >= 0.3 is 6.18 Å². The topological polar surface area (TPSA) is 0 Å². The molecule has 4 rings (SSSR count). The van der Waals surface area contributed by atoms with Gasteiger partial charge in [0.25, 0.3) is 0 Å². The molecule has 208 valence electrons. The zero-order chi connectivity index (χ0) is 29.4. The monoisotopic (exact) mass is 568 g/mol. The predicted octanol–water partition coefficient (Wildman–Crippen LogP) is 9.66. The van der Waals surface area contributed by atoms with E-state index in [2.05, 4.69) is 0 Å². The van der Waals surface area contributed by atoms with Crippen molar-refractivity contribution in [2.75, 3.05) is 0 Å². The van der Waals surface area contributed by atoms with Gasteiger partial charge in [-0.1, -0.05) is 12.1 Å². The third-order valence-electron chi connectivity index (χ3n) is 6.14. The second-order valence-electron chi connectivity index (χ2n) is 9.06. The summed E-state index contributed by atoms with van der Waals surface area (Å²) < 4.78 is 139. The van der Waals surface area contributed by atoms with Crippen molar-refractivity contribution < 1.29 is 43.9 Å². The summed E-state index contributed by atoms with van der Waals surface area (Å²) in [6, 6.07) is 8.49. The van der Waals surface area contributed by atoms with Gasteiger partial charge in [0.15, 0.2) is 0 Å². The van der Waals surface area contributed by atoms with Gasteiger partial charge in [0.1, 0.15) is 40.7 Å². The van der Waals surface area contributed by atoms with Crippen LogP contribution in [0.1, 0.15) is 22.3 Å². The van der Waals surface area contributed by atoms with Crippen molar-refractivity contribution in [2.24, 2.45) is 0 Å². The molecule has 0 unspecified atom stereocenters. The first-order valence-corrected chi connectivity index (χ1v) is 11.7. The van der Waals surface area contributed by atoms with Crippen LogP contribution in [-0.2, 0) is 12.8 Å². The van der Waals surface area contributed by atoms with Crippen molar-refractivity contribution in [1.82, 2.24) is 0 Å². The van der Waals surface area contributed by atoms with Gasteiger partial charge in [-0.25, -0.2) is 30.7 Å². The van der Waals surface area contributed by atoms with E-state index in [0.717, 1.165) is 18.2 Å². The molecule has 10 heteroatoms. The van der Waals surface area contributed by atoms with Gasteiger partial charge in [-0.05, 0) is 90.6 Å². The molecule has 4 aromatic carbocycles. The molecule has 0 atom stereocenters. The Bertz CT molecular complexity index is 1550. The zero-order valence-electron chi connectivity index (χ0n) is 20.5. The minimum Gasteiger partial charge on any atom is -0.207 e. The van der Waals surface area contributed by atoms with Gasteiger partial charge in [-0.3, -0.25) is 0 Å². The van der Waals surface area contributed by atoms with Gasteiger partial charge < -0.3 is 0 Å². The Morgan fingerprint density at radius 2 is 1.15 bits per heavy atom. The first kappa shape index (κ1) is 28.9. The quantitative estimate of drug-likeness (QED) is 0.203. The number of alkyl halides is 3. The summed E-state index contributed by atoms with van der Waals surface area (Å²) in [6.07, 6.45) is -5.06. The molecule has 0 aliphatic carbocycles. The lowest BCUT2D eigenvalue weighted by molar-refractivity contribution is -0.0790. The number of aryl methyl sites for hydroxylation is 2. The van der Waals surface area contributed by atoms with Gasteiger partial charge in [-0.2, -0.15) is 13.2 Å². The largest absolute Gasteiger partial charge is 0.409 e. The van der Waals surface area contributed by atoms with Gasteiger partial charge in [0, 0.05) is 22.8 Å². The van der Waals surface area contributed by atoms with E-state index in [4.69, 9.17) is 0 Å². The van der Waals surface area contributed by atoms with Crippen molar-refractivity contribution in [3.63, 3.8) is 0 Å². The summed E-state index contributed by atoms with van der Waals surface area (Å²) in [7, 11) is 0. The Morgan fingerprint density at radius 3 is 1.68 bits per heavy atom. The fourth-order valence-corrected chi connectivity index (χ4v) is 4.26. The Labute approximate surface area is 222 Å². The summed E-state index contributed by atoms with van der Waals surface area (Å²) in [5.74, 6) is -7.91. The highest BCUT2D eigenvalue weighted by Crippen LogP contribution is 2.34. The van der Waals surface area contributed by atoms with Crippen molar-refractivity contribution in [1.29, 1.82) is 0 Å². The molecule has 0 nitrogen and oxygen atoms in total. The predicted molar refractivity (Wildman–Crippen MR) is 131 cm³/mol. The summed E-state index contributed by atoms with van der Waals surface area (Å²) in [5, 5.41) is 0. The fourth-order valence-electron chi connectivity index (χ4n) is 4.26. The third kappa shape index (κ3) is 6.38. The summed E-state index contributed by atoms with van der Waals surface area (Å²) in [4.78, 5) is 0. The molecule has 0 radical (unpaired) electrons. The summed E-state index contributed by atoms with van der Waals surface area (Å²) in [5.41, 5.74) is -2.39. The highest BCUT2D eigenvalue weighted by atomic mass is 19.4. The first-order chi connectivity index (χ1) is 18.7. The van der Waals surface area contributed by atoms with E-state index < -0.39 is 63.6 Å². The second kappa shape index (κ2) is 11.2. The molecular formula is C30H18F10. The molecule has 0 N–H and O–H groups in total. The van der Waals surface area contributed by atoms with Crippen molar-refractivity contribution in [3.05, 3.63) is 124 Å². The molecule has 0 spiro atoms. The highest BCUT2D eigenvalue weighted by molar-refractivity contribution is 5.73. The van der Waals surface area contributed by atoms with E-state index >= 15 is 0 Å². The number of benzene rings is 4. The Balaban J connectivity index is 1.60. The number of allylic oxidation sites excluding steroid dienone is 1. The summed E-state index contributed by atoms with van der Waals surface area (Å²) in [6.45, 7) is 1.54. The van der Waals surface area contributed by atoms with E-state index in [0.29, 0.717) is 23.3 Å². The molecule has 4 aromatic rings. The highest BCUT2D eigenvalue weighted by Gasteiger charge is 2.24. The van der Waals surface area contributed by atoms with Crippen LogP contribution in [0.3, 0.4) is 0 Å². The molecule has 0 aromatic heterocycles. The maximum absolute atomic E-state index is 14.9. The van der Waals surface area contributed by atoms with Crippen LogP contribution in [0.4, 0.5) is 43.9 Å². The molecule has 0 saturated carbocycles. The normalized spacial score (nSPS) is 12.0. The molecule has 0 aliphatic rings. The van der Waals surface area contributed by atoms with E-state index in [9.17, 15) is 43.9 Å². The molecule has 0 heterocycles. The average Bonchev–Trinajstić information content (AvgIpc) is 2.81. The minimum atomic E-state index is -4.84. The van der Waals surface area contributed by atoms with E-state index in [1.165, 1.54) is 31.2 Å². The summed E-state index contributed by atoms with van der Waals surface area (Å²) >= 11 is 0. The van der Waals surface area contributed by atoms with Crippen LogP contribution in [0.15, 0.2) is 60.7 Å². The number of hydrogen-bond acceptors (Lipinski definition) is 0. The maximum Gasteiger partial charge on any atom is 0.409 e. The number of rotatable bonds is 6. The second-order valence-corrected chi connectivity index (χ2v) is 9.06. The fraction of sp³-hybridized carbons (Fsp3) is 0.133. The average molecular weight is 568 g/mol. The first-order valence-electron chi connectivity index (χ1n) is 11.7. The molecule has 0 saturated heterocycles. The van der Waals surface area contributed by atoms with Crippen molar-refractivity contribution in [3.8, 4) is 22.3 Å². The smallest absolute Gasteiger partial charge is 0.207 e. The molecule has 0 aliphatic heterocycles. The Hall–Kier alpha value is -4.08. The van der Waals surface area contributed by atoms with Crippen molar-refractivity contribution in [2.45, 2.75) is 25.9 Å². The molecule has 0 bridgehead atoms. The van der Waals surface area contributed by atoms with Gasteiger partial charge in [0.2, 0.25) is 0 Å². The number of halogens is 10. The molecule has 0 amide bonds. The molecular weight excluding hydrogens is 550 g/mol. The van der Waals surface area contributed by atoms with E-state index in [1.807, 2.05) is 0 Å². The van der Waals surface area contributed by atoms with Crippen LogP contribution in [0.2, 0.25) is 0 Å². The minimum absolute atomic E-state index is 0.0629. The molecule has 0 fully saturated rings. The van der Waals surface area contributed by atoms with Crippen LogP contribution < -0.4 is 0 Å². The van der Waals surface area contributed by atoms with E-state index in [-0.39, 0.29) is 41.7 Å². The Morgan fingerprint density at radius 1 is 0.600 bits per heavy atom. The Kier molecular flexibility index (Phi) is 8.09. The third-order valence-corrected chi connectivity index (χ3v) is 6.14. The van der Waals surface area contributed by atoms with Gasteiger partial charge in [0.05, 0.1) is 5.56 Å². The van der Waals surface area contributed by atoms with Crippen LogP contribution >= 0.6 is 0 Å². The van der Waals surface area contributed by atoms with Crippen LogP contribution in [0, 0.1) is 47.6 Å². The number of hydrogen-bond donors (Lipinski definition) is 0. The lowest BCUT2D eigenvalue weighted by atomic mass is 9.96. The van der Waals surface area contributed by atoms with Gasteiger partial charge in [-0.15, -0.1) is 0 Å². The van der Waals surface area contributed by atoms with Crippen molar-refractivity contribution >= 4 is 6.08 Å². The zero-order valence-corrected chi connectivity index (χ0v) is 20.5. The van der Waals surface area contributed by atoms with Crippen LogP contribution in [-0.4, -0.2) is 6.18 Å². The van der Waals surface area contributed by atoms with E-state index in [1.54, 1.807) is 0 Å². The lowest BCUT2D eigenvalue weighted by Crippen LogP contribution is -2.02. The maximum atomic E-state index is 14.9. The SMILES string of the molecule is Cc1cc(F)c(CCc2ccc(-c3cc(F)c(-c4cc(F)c(/C=C/C(F)(F)F)c(F)c4)c(F)c3)c(F)c2)c(F)c1. The van der Waals surface area contributed by atoms with Crippen LogP contribution in [0.25, 0.3) is 28.3 Å².